The van der Waals surface area contributed by atoms with Gasteiger partial charge < -0.3 is 5.32 Å². The van der Waals surface area contributed by atoms with E-state index in [0.717, 1.165) is 5.56 Å². The van der Waals surface area contributed by atoms with Crippen molar-refractivity contribution in [3.8, 4) is 0 Å². The van der Waals surface area contributed by atoms with Crippen LogP contribution in [0.4, 0.5) is 5.69 Å². The molecule has 9 heteroatoms. The normalized spacial score (nSPS) is 10.4. The molecule has 1 heterocycles. The van der Waals surface area contributed by atoms with Crippen LogP contribution in [-0.2, 0) is 0 Å². The number of aromatic nitrogens is 2. The van der Waals surface area contributed by atoms with Crippen molar-refractivity contribution >= 4 is 51.3 Å². The number of hydrogen-bond donors (Lipinski definition) is 4. The van der Waals surface area contributed by atoms with E-state index in [2.05, 4.69) is 26.4 Å². The monoisotopic (exact) mass is 387 g/mol. The second-order valence-electron chi connectivity index (χ2n) is 5.44. The van der Waals surface area contributed by atoms with Gasteiger partial charge in [0, 0.05) is 16.1 Å². The van der Waals surface area contributed by atoms with Gasteiger partial charge in [0.2, 0.25) is 0 Å². The average Bonchev–Trinajstić information content (AvgIpc) is 2.63. The SMILES string of the molecule is Cc1ccc(NC(=S)NNC(=O)c2n[nH]c(=O)c3ccccc23)cc1Cl. The molecule has 1 amide bonds. The molecule has 0 atom stereocenters. The van der Waals surface area contributed by atoms with E-state index in [-0.39, 0.29) is 16.4 Å². The number of rotatable bonds is 2. The third-order valence-corrected chi connectivity index (χ3v) is 4.24. The fourth-order valence-electron chi connectivity index (χ4n) is 2.29. The third-order valence-electron chi connectivity index (χ3n) is 3.63. The molecule has 0 spiro atoms. The Bertz CT molecular complexity index is 1070. The summed E-state index contributed by atoms with van der Waals surface area (Å²) in [7, 11) is 0. The molecule has 0 aliphatic rings. The molecule has 4 N–H and O–H groups in total. The van der Waals surface area contributed by atoms with Crippen molar-refractivity contribution in [1.29, 1.82) is 0 Å². The Hall–Kier alpha value is -2.97. The molecule has 0 aliphatic heterocycles. The van der Waals surface area contributed by atoms with E-state index in [1.165, 1.54) is 0 Å². The highest BCUT2D eigenvalue weighted by Gasteiger charge is 2.14. The molecule has 0 unspecified atom stereocenters. The number of H-pyrrole nitrogens is 1. The van der Waals surface area contributed by atoms with E-state index in [1.807, 2.05) is 19.1 Å². The van der Waals surface area contributed by atoms with Crippen LogP contribution in [0, 0.1) is 6.92 Å². The summed E-state index contributed by atoms with van der Waals surface area (Å²) >= 11 is 11.2. The lowest BCUT2D eigenvalue weighted by molar-refractivity contribution is 0.0940. The van der Waals surface area contributed by atoms with Gasteiger partial charge >= 0.3 is 0 Å². The van der Waals surface area contributed by atoms with Crippen LogP contribution in [-0.4, -0.2) is 21.2 Å². The van der Waals surface area contributed by atoms with Gasteiger partial charge in [-0.2, -0.15) is 5.10 Å². The third kappa shape index (κ3) is 3.81. The number of aromatic amines is 1. The number of amides is 1. The molecule has 132 valence electrons. The number of hydrogen-bond acceptors (Lipinski definition) is 4. The minimum absolute atomic E-state index is 0.0777. The summed E-state index contributed by atoms with van der Waals surface area (Å²) in [5.74, 6) is -0.538. The molecule has 2 aromatic carbocycles. The van der Waals surface area contributed by atoms with Crippen LogP contribution in [0.3, 0.4) is 0 Å². The van der Waals surface area contributed by atoms with Crippen molar-refractivity contribution in [1.82, 2.24) is 21.0 Å². The molecule has 0 saturated carbocycles. The summed E-state index contributed by atoms with van der Waals surface area (Å²) in [5, 5.41) is 10.6. The van der Waals surface area contributed by atoms with Crippen LogP contribution in [0.1, 0.15) is 16.1 Å². The van der Waals surface area contributed by atoms with Crippen molar-refractivity contribution in [3.05, 3.63) is 69.1 Å². The van der Waals surface area contributed by atoms with E-state index in [4.69, 9.17) is 23.8 Å². The standard InChI is InChI=1S/C17H14ClN5O2S/c1-9-6-7-10(8-13(9)18)19-17(26)23-22-16(25)14-11-4-2-3-5-12(11)15(24)21-20-14/h2-8H,1H3,(H,21,24)(H,22,25)(H2,19,23,26). The summed E-state index contributed by atoms with van der Waals surface area (Å²) in [6.07, 6.45) is 0. The number of carbonyl (C=O) groups is 1. The van der Waals surface area contributed by atoms with Crippen LogP contribution < -0.4 is 21.7 Å². The van der Waals surface area contributed by atoms with Crippen LogP contribution >= 0.6 is 23.8 Å². The fourth-order valence-corrected chi connectivity index (χ4v) is 2.64. The fraction of sp³-hybridized carbons (Fsp3) is 0.0588. The van der Waals surface area contributed by atoms with E-state index >= 15 is 0 Å². The minimum Gasteiger partial charge on any atom is -0.331 e. The predicted octanol–water partition coefficient (Wildman–Crippen LogP) is 2.52. The predicted molar refractivity (Wildman–Crippen MR) is 105 cm³/mol. The highest BCUT2D eigenvalue weighted by molar-refractivity contribution is 7.80. The summed E-state index contributed by atoms with van der Waals surface area (Å²) in [6, 6.07) is 12.1. The summed E-state index contributed by atoms with van der Waals surface area (Å²) in [6.45, 7) is 1.89. The van der Waals surface area contributed by atoms with E-state index in [0.29, 0.717) is 21.5 Å². The molecule has 1 aromatic heterocycles. The molecule has 26 heavy (non-hydrogen) atoms. The van der Waals surface area contributed by atoms with Crippen molar-refractivity contribution in [2.75, 3.05) is 5.32 Å². The molecular formula is C17H14ClN5O2S. The molecular weight excluding hydrogens is 374 g/mol. The van der Waals surface area contributed by atoms with Crippen molar-refractivity contribution in [3.63, 3.8) is 0 Å². The lowest BCUT2D eigenvalue weighted by Crippen LogP contribution is -2.44. The number of nitrogens with one attached hydrogen (secondary N) is 4. The first-order valence-electron chi connectivity index (χ1n) is 7.56. The van der Waals surface area contributed by atoms with Gasteiger partial charge in [-0.1, -0.05) is 35.9 Å². The number of hydrazine groups is 1. The Morgan fingerprint density at radius 3 is 2.62 bits per heavy atom. The van der Waals surface area contributed by atoms with Gasteiger partial charge in [0.25, 0.3) is 11.5 Å². The Kier molecular flexibility index (Phi) is 5.15. The molecule has 3 rings (SSSR count). The zero-order valence-electron chi connectivity index (χ0n) is 13.6. The van der Waals surface area contributed by atoms with Gasteiger partial charge in [0.05, 0.1) is 5.39 Å². The Balaban J connectivity index is 1.69. The molecule has 0 saturated heterocycles. The average molecular weight is 388 g/mol. The van der Waals surface area contributed by atoms with Gasteiger partial charge in [0.15, 0.2) is 10.8 Å². The van der Waals surface area contributed by atoms with Gasteiger partial charge in [-0.05, 0) is 42.9 Å². The zero-order chi connectivity index (χ0) is 18.7. The number of aryl methyl sites for hydroxylation is 1. The number of fused-ring (bicyclic) bond motifs is 1. The summed E-state index contributed by atoms with van der Waals surface area (Å²) in [4.78, 5) is 24.1. The van der Waals surface area contributed by atoms with E-state index < -0.39 is 5.91 Å². The molecule has 3 aromatic rings. The van der Waals surface area contributed by atoms with Crippen molar-refractivity contribution in [2.24, 2.45) is 0 Å². The van der Waals surface area contributed by atoms with Crippen LogP contribution in [0.5, 0.6) is 0 Å². The quantitative estimate of drug-likeness (QED) is 0.398. The van der Waals surface area contributed by atoms with Crippen LogP contribution in [0.15, 0.2) is 47.3 Å². The Morgan fingerprint density at radius 1 is 1.15 bits per heavy atom. The molecule has 0 fully saturated rings. The second-order valence-corrected chi connectivity index (χ2v) is 6.26. The van der Waals surface area contributed by atoms with Gasteiger partial charge in [0.1, 0.15) is 0 Å². The Morgan fingerprint density at radius 2 is 1.88 bits per heavy atom. The largest absolute Gasteiger partial charge is 0.331 e. The number of thiocarbonyl (C=S) groups is 1. The molecule has 0 aliphatic carbocycles. The van der Waals surface area contributed by atoms with E-state index in [1.54, 1.807) is 30.3 Å². The lowest BCUT2D eigenvalue weighted by atomic mass is 10.1. The second kappa shape index (κ2) is 7.51. The zero-order valence-corrected chi connectivity index (χ0v) is 15.2. The maximum atomic E-state index is 12.4. The maximum Gasteiger partial charge on any atom is 0.290 e. The molecule has 7 nitrogen and oxygen atoms in total. The summed E-state index contributed by atoms with van der Waals surface area (Å²) < 4.78 is 0. The smallest absolute Gasteiger partial charge is 0.290 e. The van der Waals surface area contributed by atoms with Gasteiger partial charge in [-0.15, -0.1) is 0 Å². The number of benzene rings is 2. The number of carbonyl (C=O) groups excluding carboxylic acids is 1. The number of halogens is 1. The van der Waals surface area contributed by atoms with Gasteiger partial charge in [-0.3, -0.25) is 20.4 Å². The lowest BCUT2D eigenvalue weighted by Gasteiger charge is -2.12. The number of anilines is 1. The van der Waals surface area contributed by atoms with Crippen LogP contribution in [0.2, 0.25) is 5.02 Å². The summed E-state index contributed by atoms with van der Waals surface area (Å²) in [5.41, 5.74) is 6.38. The topological polar surface area (TPSA) is 98.9 Å². The number of nitrogens with zero attached hydrogens (tertiary/aromatic N) is 1. The van der Waals surface area contributed by atoms with E-state index in [9.17, 15) is 9.59 Å². The van der Waals surface area contributed by atoms with Crippen molar-refractivity contribution < 1.29 is 4.79 Å². The minimum atomic E-state index is -0.538. The molecule has 0 bridgehead atoms. The maximum absolute atomic E-state index is 12.4. The first-order valence-corrected chi connectivity index (χ1v) is 8.35. The first kappa shape index (κ1) is 17.8. The van der Waals surface area contributed by atoms with Gasteiger partial charge in [-0.25, -0.2) is 5.10 Å². The first-order chi connectivity index (χ1) is 12.5. The highest BCUT2D eigenvalue weighted by Crippen LogP contribution is 2.19. The van der Waals surface area contributed by atoms with Crippen molar-refractivity contribution in [2.45, 2.75) is 6.92 Å². The highest BCUT2D eigenvalue weighted by atomic mass is 35.5. The Labute approximate surface area is 158 Å². The molecule has 0 radical (unpaired) electrons. The van der Waals surface area contributed by atoms with Crippen LogP contribution in [0.25, 0.3) is 10.8 Å².